The highest BCUT2D eigenvalue weighted by Gasteiger charge is 2.05. The minimum absolute atomic E-state index is 0.0232. The fourth-order valence-electron chi connectivity index (χ4n) is 0.945. The van der Waals surface area contributed by atoms with Crippen LogP contribution in [-0.2, 0) is 0 Å². The van der Waals surface area contributed by atoms with Crippen LogP contribution in [0.3, 0.4) is 0 Å². The Bertz CT molecular complexity index is 396. The van der Waals surface area contributed by atoms with Gasteiger partial charge in [0.1, 0.15) is 0 Å². The molecule has 0 aromatic carbocycles. The van der Waals surface area contributed by atoms with Crippen molar-refractivity contribution in [2.24, 2.45) is 0 Å². The van der Waals surface area contributed by atoms with E-state index in [1.165, 1.54) is 0 Å². The van der Waals surface area contributed by atoms with E-state index in [2.05, 4.69) is 15.5 Å². The van der Waals surface area contributed by atoms with Crippen molar-refractivity contribution in [3.8, 4) is 0 Å². The molecule has 0 aliphatic carbocycles. The lowest BCUT2D eigenvalue weighted by atomic mass is 10.2. The molecule has 0 radical (unpaired) electrons. The number of nitrogens with one attached hydrogen (secondary N) is 3. The molecule has 7 heteroatoms. The summed E-state index contributed by atoms with van der Waals surface area (Å²) in [6.07, 6.45) is 0.500. The summed E-state index contributed by atoms with van der Waals surface area (Å²) in [5.74, 6) is 0.0468. The zero-order valence-corrected chi connectivity index (χ0v) is 7.70. The van der Waals surface area contributed by atoms with E-state index in [0.29, 0.717) is 6.42 Å². The standard InChI is InChI=1S/C7H12N4O3/c1-4(2-3-12)8-5-6(13)9-7(14)11-10-5/h4,12H,2-3H2,1H3,(H,8,10)(H2,9,11,13,14). The van der Waals surface area contributed by atoms with Gasteiger partial charge in [0, 0.05) is 12.6 Å². The van der Waals surface area contributed by atoms with Crippen molar-refractivity contribution < 1.29 is 5.11 Å². The first-order valence-electron chi connectivity index (χ1n) is 4.20. The molecule has 0 saturated carbocycles. The molecule has 0 spiro atoms. The fraction of sp³-hybridized carbons (Fsp3) is 0.571. The molecule has 7 nitrogen and oxygen atoms in total. The molecule has 0 amide bonds. The molecule has 0 fully saturated rings. The number of rotatable bonds is 4. The van der Waals surface area contributed by atoms with E-state index in [4.69, 9.17) is 5.11 Å². The number of aliphatic hydroxyl groups is 1. The van der Waals surface area contributed by atoms with Crippen LogP contribution >= 0.6 is 0 Å². The van der Waals surface area contributed by atoms with Crippen molar-refractivity contribution in [1.29, 1.82) is 0 Å². The van der Waals surface area contributed by atoms with Crippen molar-refractivity contribution in [3.05, 3.63) is 20.8 Å². The quantitative estimate of drug-likeness (QED) is 0.479. The van der Waals surface area contributed by atoms with Gasteiger partial charge in [0.05, 0.1) is 0 Å². The average Bonchev–Trinajstić information content (AvgIpc) is 2.10. The van der Waals surface area contributed by atoms with Gasteiger partial charge in [-0.15, -0.1) is 5.10 Å². The molecular formula is C7H12N4O3. The van der Waals surface area contributed by atoms with Gasteiger partial charge in [0.15, 0.2) is 0 Å². The summed E-state index contributed by atoms with van der Waals surface area (Å²) >= 11 is 0. The van der Waals surface area contributed by atoms with Crippen LogP contribution in [0.15, 0.2) is 9.59 Å². The maximum atomic E-state index is 11.1. The van der Waals surface area contributed by atoms with Crippen LogP contribution in [0.25, 0.3) is 0 Å². The van der Waals surface area contributed by atoms with Crippen LogP contribution in [0.1, 0.15) is 13.3 Å². The summed E-state index contributed by atoms with van der Waals surface area (Å²) in [7, 11) is 0. The summed E-state index contributed by atoms with van der Waals surface area (Å²) in [6.45, 7) is 1.82. The SMILES string of the molecule is CC(CCO)Nc1n[nH]c(=O)[nH]c1=O. The van der Waals surface area contributed by atoms with Gasteiger partial charge >= 0.3 is 5.69 Å². The van der Waals surface area contributed by atoms with Gasteiger partial charge < -0.3 is 10.4 Å². The van der Waals surface area contributed by atoms with E-state index in [1.807, 2.05) is 4.98 Å². The molecule has 14 heavy (non-hydrogen) atoms. The topological polar surface area (TPSA) is 111 Å². The maximum Gasteiger partial charge on any atom is 0.342 e. The van der Waals surface area contributed by atoms with Crippen molar-refractivity contribution in [2.75, 3.05) is 11.9 Å². The minimum atomic E-state index is -0.643. The zero-order valence-electron chi connectivity index (χ0n) is 7.70. The van der Waals surface area contributed by atoms with Gasteiger partial charge in [-0.3, -0.25) is 9.78 Å². The highest BCUT2D eigenvalue weighted by atomic mass is 16.3. The molecular weight excluding hydrogens is 188 g/mol. The molecule has 0 saturated heterocycles. The molecule has 1 heterocycles. The number of nitrogens with zero attached hydrogens (tertiary/aromatic N) is 1. The third-order valence-electron chi connectivity index (χ3n) is 1.66. The van der Waals surface area contributed by atoms with Crippen LogP contribution in [0.2, 0.25) is 0 Å². The minimum Gasteiger partial charge on any atom is -0.396 e. The van der Waals surface area contributed by atoms with Gasteiger partial charge in [0.25, 0.3) is 5.56 Å². The summed E-state index contributed by atoms with van der Waals surface area (Å²) in [4.78, 5) is 23.8. The molecule has 0 bridgehead atoms. The van der Waals surface area contributed by atoms with Gasteiger partial charge in [-0.25, -0.2) is 9.89 Å². The first-order valence-corrected chi connectivity index (χ1v) is 4.20. The molecule has 1 rings (SSSR count). The van der Waals surface area contributed by atoms with E-state index < -0.39 is 11.2 Å². The lowest BCUT2D eigenvalue weighted by Crippen LogP contribution is -2.30. The van der Waals surface area contributed by atoms with Crippen molar-refractivity contribution in [3.63, 3.8) is 0 Å². The Hall–Kier alpha value is -1.63. The number of anilines is 1. The third-order valence-corrected chi connectivity index (χ3v) is 1.66. The average molecular weight is 200 g/mol. The summed E-state index contributed by atoms with van der Waals surface area (Å²) in [5, 5.41) is 17.0. The Balaban J connectivity index is 2.77. The van der Waals surface area contributed by atoms with Crippen LogP contribution in [-0.4, -0.2) is 32.9 Å². The van der Waals surface area contributed by atoms with Crippen molar-refractivity contribution >= 4 is 5.82 Å². The lowest BCUT2D eigenvalue weighted by Gasteiger charge is -2.10. The number of hydrogen-bond donors (Lipinski definition) is 4. The molecule has 1 unspecified atom stereocenters. The molecule has 1 aromatic heterocycles. The Morgan fingerprint density at radius 3 is 2.86 bits per heavy atom. The normalized spacial score (nSPS) is 12.4. The molecule has 78 valence electrons. The largest absolute Gasteiger partial charge is 0.396 e. The first kappa shape index (κ1) is 10.5. The Morgan fingerprint density at radius 2 is 2.29 bits per heavy atom. The van der Waals surface area contributed by atoms with Gasteiger partial charge in [0.2, 0.25) is 5.82 Å². The Kier molecular flexibility index (Phi) is 3.41. The number of aliphatic hydroxyl groups excluding tert-OH is 1. The molecule has 1 atom stereocenters. The van der Waals surface area contributed by atoms with Gasteiger partial charge in [-0.05, 0) is 13.3 Å². The van der Waals surface area contributed by atoms with Gasteiger partial charge in [-0.1, -0.05) is 0 Å². The number of aromatic amines is 2. The van der Waals surface area contributed by atoms with Crippen LogP contribution in [0, 0.1) is 0 Å². The van der Waals surface area contributed by atoms with Crippen LogP contribution in [0.4, 0.5) is 5.82 Å². The number of H-pyrrole nitrogens is 2. The van der Waals surface area contributed by atoms with Crippen LogP contribution in [0.5, 0.6) is 0 Å². The Labute approximate surface area is 79.2 Å². The second kappa shape index (κ2) is 4.56. The summed E-state index contributed by atoms with van der Waals surface area (Å²) in [5.41, 5.74) is -1.21. The lowest BCUT2D eigenvalue weighted by molar-refractivity contribution is 0.282. The number of hydrogen-bond acceptors (Lipinski definition) is 5. The predicted molar refractivity (Wildman–Crippen MR) is 50.3 cm³/mol. The Morgan fingerprint density at radius 1 is 1.57 bits per heavy atom. The van der Waals surface area contributed by atoms with Crippen molar-refractivity contribution in [1.82, 2.24) is 15.2 Å². The van der Waals surface area contributed by atoms with E-state index >= 15 is 0 Å². The maximum absolute atomic E-state index is 11.1. The second-order valence-corrected chi connectivity index (χ2v) is 2.91. The van der Waals surface area contributed by atoms with E-state index in [0.717, 1.165) is 0 Å². The van der Waals surface area contributed by atoms with Crippen molar-refractivity contribution in [2.45, 2.75) is 19.4 Å². The summed E-state index contributed by atoms with van der Waals surface area (Å²) in [6, 6.07) is -0.0838. The van der Waals surface area contributed by atoms with E-state index in [-0.39, 0.29) is 18.5 Å². The zero-order chi connectivity index (χ0) is 10.6. The first-order chi connectivity index (χ1) is 6.63. The van der Waals surface area contributed by atoms with E-state index in [9.17, 15) is 9.59 Å². The third kappa shape index (κ3) is 2.70. The molecule has 0 aliphatic rings. The summed E-state index contributed by atoms with van der Waals surface area (Å²) < 4.78 is 0. The smallest absolute Gasteiger partial charge is 0.342 e. The van der Waals surface area contributed by atoms with Crippen LogP contribution < -0.4 is 16.6 Å². The van der Waals surface area contributed by atoms with Gasteiger partial charge in [-0.2, -0.15) is 0 Å². The highest BCUT2D eigenvalue weighted by molar-refractivity contribution is 5.29. The van der Waals surface area contributed by atoms with E-state index in [1.54, 1.807) is 6.92 Å². The fourth-order valence-corrected chi connectivity index (χ4v) is 0.945. The second-order valence-electron chi connectivity index (χ2n) is 2.91. The number of aromatic nitrogens is 3. The molecule has 4 N–H and O–H groups in total. The monoisotopic (exact) mass is 200 g/mol. The molecule has 1 aromatic rings. The predicted octanol–water partition coefficient (Wildman–Crippen LogP) is -1.36. The highest BCUT2D eigenvalue weighted by Crippen LogP contribution is 1.96. The molecule has 0 aliphatic heterocycles.